The molecule has 0 radical (unpaired) electrons. The number of para-hydroxylation sites is 1. The molecule has 3 atom stereocenters. The van der Waals surface area contributed by atoms with Crippen molar-refractivity contribution < 1.29 is 5.11 Å². The molecule has 1 aliphatic heterocycles. The van der Waals surface area contributed by atoms with Gasteiger partial charge in [-0.3, -0.25) is 0 Å². The topological polar surface area (TPSA) is 23.5 Å². The highest BCUT2D eigenvalue weighted by Crippen LogP contribution is 2.40. The average molecular weight is 287 g/mol. The molecule has 1 aliphatic carbocycles. The van der Waals surface area contributed by atoms with Crippen LogP contribution in [0.5, 0.6) is 0 Å². The van der Waals surface area contributed by atoms with Crippen molar-refractivity contribution in [1.82, 2.24) is 0 Å². The molecule has 116 valence electrons. The Bertz CT molecular complexity index is 496. The van der Waals surface area contributed by atoms with Crippen LogP contribution in [0.25, 0.3) is 0 Å². The molecule has 1 aromatic carbocycles. The van der Waals surface area contributed by atoms with E-state index in [0.29, 0.717) is 17.4 Å². The lowest BCUT2D eigenvalue weighted by Crippen LogP contribution is -2.46. The second-order valence-corrected chi connectivity index (χ2v) is 7.90. The lowest BCUT2D eigenvalue weighted by molar-refractivity contribution is 0.0241. The highest BCUT2D eigenvalue weighted by atomic mass is 16.3. The van der Waals surface area contributed by atoms with Crippen molar-refractivity contribution in [3.05, 3.63) is 29.8 Å². The predicted molar refractivity (Wildman–Crippen MR) is 88.7 cm³/mol. The molecule has 0 bridgehead atoms. The van der Waals surface area contributed by atoms with Gasteiger partial charge in [0.05, 0.1) is 6.10 Å². The molecular formula is C19H29NO. The summed E-state index contributed by atoms with van der Waals surface area (Å²) in [6, 6.07) is 9.38. The van der Waals surface area contributed by atoms with Crippen molar-refractivity contribution in [3.63, 3.8) is 0 Å². The molecule has 1 saturated carbocycles. The Kier molecular flexibility index (Phi) is 4.00. The zero-order valence-electron chi connectivity index (χ0n) is 13.7. The summed E-state index contributed by atoms with van der Waals surface area (Å²) < 4.78 is 0. The van der Waals surface area contributed by atoms with E-state index in [2.05, 4.69) is 49.9 Å². The van der Waals surface area contributed by atoms with E-state index in [4.69, 9.17) is 0 Å². The first-order valence-electron chi connectivity index (χ1n) is 8.49. The molecule has 0 aromatic heterocycles. The van der Waals surface area contributed by atoms with Gasteiger partial charge < -0.3 is 10.0 Å². The third-order valence-electron chi connectivity index (χ3n) is 5.57. The smallest absolute Gasteiger partial charge is 0.0585 e. The third-order valence-corrected chi connectivity index (χ3v) is 5.57. The van der Waals surface area contributed by atoms with E-state index in [1.54, 1.807) is 0 Å². The quantitative estimate of drug-likeness (QED) is 0.888. The van der Waals surface area contributed by atoms with Gasteiger partial charge in [-0.2, -0.15) is 0 Å². The van der Waals surface area contributed by atoms with Crippen LogP contribution in [0, 0.1) is 11.3 Å². The number of benzene rings is 1. The fourth-order valence-corrected chi connectivity index (χ4v) is 4.20. The number of rotatable bonds is 2. The predicted octanol–water partition coefficient (Wildman–Crippen LogP) is 4.01. The lowest BCUT2D eigenvalue weighted by Gasteiger charge is -2.44. The third kappa shape index (κ3) is 3.11. The minimum absolute atomic E-state index is 0.126. The number of aliphatic hydroxyl groups excluding tert-OH is 1. The second-order valence-electron chi connectivity index (χ2n) is 7.90. The molecule has 1 heterocycles. The van der Waals surface area contributed by atoms with Gasteiger partial charge in [0.15, 0.2) is 0 Å². The van der Waals surface area contributed by atoms with Gasteiger partial charge in [0, 0.05) is 24.2 Å². The van der Waals surface area contributed by atoms with Gasteiger partial charge in [-0.1, -0.05) is 32.0 Å². The summed E-state index contributed by atoms with van der Waals surface area (Å²) in [4.78, 5) is 2.55. The van der Waals surface area contributed by atoms with Crippen LogP contribution in [-0.4, -0.2) is 23.8 Å². The number of aryl methyl sites for hydroxylation is 1. The average Bonchev–Trinajstić information content (AvgIpc) is 2.45. The molecule has 3 unspecified atom stereocenters. The molecule has 2 heteroatoms. The second kappa shape index (κ2) is 5.64. The molecule has 21 heavy (non-hydrogen) atoms. The zero-order chi connectivity index (χ0) is 15.0. The fraction of sp³-hybridized carbons (Fsp3) is 0.684. The summed E-state index contributed by atoms with van der Waals surface area (Å²) >= 11 is 0. The Labute approximate surface area is 129 Å². The highest BCUT2D eigenvalue weighted by molar-refractivity contribution is 5.56. The summed E-state index contributed by atoms with van der Waals surface area (Å²) in [5.74, 6) is 0.405. The van der Waals surface area contributed by atoms with Crippen LogP contribution in [0.4, 0.5) is 5.69 Å². The minimum atomic E-state index is -0.126. The van der Waals surface area contributed by atoms with Gasteiger partial charge in [0.25, 0.3) is 0 Å². The number of aliphatic hydroxyl groups is 1. The molecule has 1 N–H and O–H groups in total. The summed E-state index contributed by atoms with van der Waals surface area (Å²) in [5, 5.41) is 10.4. The molecular weight excluding hydrogens is 258 g/mol. The van der Waals surface area contributed by atoms with Crippen LogP contribution in [-0.2, 0) is 6.42 Å². The van der Waals surface area contributed by atoms with Crippen LogP contribution in [0.15, 0.2) is 24.3 Å². The van der Waals surface area contributed by atoms with Gasteiger partial charge in [-0.15, -0.1) is 0 Å². The summed E-state index contributed by atoms with van der Waals surface area (Å²) in [6.45, 7) is 8.03. The fourth-order valence-electron chi connectivity index (χ4n) is 4.20. The maximum atomic E-state index is 10.4. The van der Waals surface area contributed by atoms with Crippen LogP contribution in [0.1, 0.15) is 52.0 Å². The molecule has 1 aromatic rings. The summed E-state index contributed by atoms with van der Waals surface area (Å²) in [7, 11) is 0. The SMILES string of the molecule is CC1CCc2ccccc2N1CC1CC(C)(C)CCC1O. The molecule has 0 spiro atoms. The van der Waals surface area contributed by atoms with Gasteiger partial charge in [-0.25, -0.2) is 0 Å². The van der Waals surface area contributed by atoms with Crippen LogP contribution < -0.4 is 4.90 Å². The van der Waals surface area contributed by atoms with Crippen LogP contribution in [0.3, 0.4) is 0 Å². The van der Waals surface area contributed by atoms with Gasteiger partial charge >= 0.3 is 0 Å². The Morgan fingerprint density at radius 3 is 2.81 bits per heavy atom. The van der Waals surface area contributed by atoms with E-state index in [9.17, 15) is 5.11 Å². The maximum absolute atomic E-state index is 10.4. The number of hydrogen-bond donors (Lipinski definition) is 1. The normalized spacial score (nSPS) is 31.8. The number of nitrogens with zero attached hydrogens (tertiary/aromatic N) is 1. The molecule has 0 amide bonds. The van der Waals surface area contributed by atoms with Crippen molar-refractivity contribution in [2.75, 3.05) is 11.4 Å². The molecule has 1 fully saturated rings. The molecule has 2 nitrogen and oxygen atoms in total. The van der Waals surface area contributed by atoms with E-state index in [0.717, 1.165) is 25.8 Å². The van der Waals surface area contributed by atoms with Crippen molar-refractivity contribution in [2.24, 2.45) is 11.3 Å². The molecule has 2 aliphatic rings. The van der Waals surface area contributed by atoms with E-state index < -0.39 is 0 Å². The number of fused-ring (bicyclic) bond motifs is 1. The largest absolute Gasteiger partial charge is 0.393 e. The van der Waals surface area contributed by atoms with Crippen molar-refractivity contribution in [1.29, 1.82) is 0 Å². The van der Waals surface area contributed by atoms with Crippen LogP contribution >= 0.6 is 0 Å². The first kappa shape index (κ1) is 14.9. The summed E-state index contributed by atoms with van der Waals surface area (Å²) in [6.07, 6.45) is 5.53. The summed E-state index contributed by atoms with van der Waals surface area (Å²) in [5.41, 5.74) is 3.25. The Morgan fingerprint density at radius 1 is 1.24 bits per heavy atom. The van der Waals surface area contributed by atoms with Crippen molar-refractivity contribution in [3.8, 4) is 0 Å². The highest BCUT2D eigenvalue weighted by Gasteiger charge is 2.36. The zero-order valence-corrected chi connectivity index (χ0v) is 13.7. The Balaban J connectivity index is 1.80. The lowest BCUT2D eigenvalue weighted by atomic mass is 9.70. The van der Waals surface area contributed by atoms with E-state index >= 15 is 0 Å². The first-order chi connectivity index (χ1) is 9.96. The van der Waals surface area contributed by atoms with E-state index in [-0.39, 0.29) is 6.10 Å². The molecule has 0 saturated heterocycles. The van der Waals surface area contributed by atoms with Crippen LogP contribution in [0.2, 0.25) is 0 Å². The Hall–Kier alpha value is -1.02. The maximum Gasteiger partial charge on any atom is 0.0585 e. The van der Waals surface area contributed by atoms with Crippen molar-refractivity contribution in [2.45, 2.75) is 65.0 Å². The van der Waals surface area contributed by atoms with Crippen molar-refractivity contribution >= 4 is 5.69 Å². The van der Waals surface area contributed by atoms with E-state index in [1.165, 1.54) is 24.1 Å². The first-order valence-corrected chi connectivity index (χ1v) is 8.49. The monoisotopic (exact) mass is 287 g/mol. The minimum Gasteiger partial charge on any atom is -0.393 e. The number of anilines is 1. The standard InChI is InChI=1S/C19H29NO/c1-14-8-9-15-6-4-5-7-17(15)20(14)13-16-12-19(2,3)11-10-18(16)21/h4-7,14,16,18,21H,8-13H2,1-3H3. The Morgan fingerprint density at radius 2 is 2.00 bits per heavy atom. The van der Waals surface area contributed by atoms with Gasteiger partial charge in [0.2, 0.25) is 0 Å². The molecule has 3 rings (SSSR count). The van der Waals surface area contributed by atoms with Gasteiger partial charge in [-0.05, 0) is 56.1 Å². The van der Waals surface area contributed by atoms with E-state index in [1.807, 2.05) is 0 Å². The van der Waals surface area contributed by atoms with Gasteiger partial charge in [0.1, 0.15) is 0 Å². The number of hydrogen-bond acceptors (Lipinski definition) is 2.